The van der Waals surface area contributed by atoms with Crippen LogP contribution in [0.2, 0.25) is 0 Å². The first-order valence-corrected chi connectivity index (χ1v) is 18.5. The molecule has 2 aromatic heterocycles. The standard InChI is InChI=1S/C52H30O2/c1-2-11-35-29-37(22-19-31(35)9-1)49-42-15-7-5-13-40(42)48(41-14-6-8-16-43(41)49)34-20-17-32(18-21-34)36-23-25-39-44-26-28-46-51(52(44)54-47(39)30-36)50-38-12-4-3-10-33(38)24-27-45(50)53-46/h1-30H. The second kappa shape index (κ2) is 11.2. The van der Waals surface area contributed by atoms with E-state index in [-0.39, 0.29) is 0 Å². The molecule has 0 unspecified atom stereocenters. The Labute approximate surface area is 310 Å². The maximum absolute atomic E-state index is 6.74. The van der Waals surface area contributed by atoms with Crippen molar-refractivity contribution in [3.63, 3.8) is 0 Å². The van der Waals surface area contributed by atoms with Gasteiger partial charge in [0, 0.05) is 16.2 Å². The molecule has 0 saturated carbocycles. The number of rotatable bonds is 3. The number of hydrogen-bond donors (Lipinski definition) is 0. The van der Waals surface area contributed by atoms with Crippen LogP contribution in [-0.2, 0) is 0 Å². The van der Waals surface area contributed by atoms with Crippen molar-refractivity contribution < 1.29 is 8.83 Å². The van der Waals surface area contributed by atoms with E-state index in [1.165, 1.54) is 65.3 Å². The van der Waals surface area contributed by atoms with E-state index in [2.05, 4.69) is 182 Å². The second-order valence-corrected chi connectivity index (χ2v) is 14.4. The van der Waals surface area contributed by atoms with Crippen molar-refractivity contribution in [2.45, 2.75) is 0 Å². The van der Waals surface area contributed by atoms with Gasteiger partial charge >= 0.3 is 0 Å². The van der Waals surface area contributed by atoms with Crippen molar-refractivity contribution in [3.05, 3.63) is 182 Å². The molecule has 0 N–H and O–H groups in total. The van der Waals surface area contributed by atoms with Crippen LogP contribution in [0.3, 0.4) is 0 Å². The van der Waals surface area contributed by atoms with Crippen LogP contribution in [0.5, 0.6) is 0 Å². The second-order valence-electron chi connectivity index (χ2n) is 14.4. The minimum absolute atomic E-state index is 0.842. The lowest BCUT2D eigenvalue weighted by molar-refractivity contribution is 0.663. The van der Waals surface area contributed by atoms with Gasteiger partial charge < -0.3 is 8.83 Å². The third kappa shape index (κ3) is 4.22. The van der Waals surface area contributed by atoms with E-state index in [0.29, 0.717) is 0 Å². The Morgan fingerprint density at radius 2 is 0.778 bits per heavy atom. The molecule has 0 atom stereocenters. The number of benzene rings is 10. The Morgan fingerprint density at radius 3 is 1.52 bits per heavy atom. The molecular formula is C52H30O2. The fourth-order valence-corrected chi connectivity index (χ4v) is 8.96. The lowest BCUT2D eigenvalue weighted by Crippen LogP contribution is -1.91. The number of fused-ring (bicyclic) bond motifs is 12. The quantitative estimate of drug-likeness (QED) is 0.173. The highest BCUT2D eigenvalue weighted by Crippen LogP contribution is 2.45. The van der Waals surface area contributed by atoms with Crippen molar-refractivity contribution in [1.29, 1.82) is 0 Å². The fourth-order valence-electron chi connectivity index (χ4n) is 8.96. The maximum Gasteiger partial charge on any atom is 0.147 e. The van der Waals surface area contributed by atoms with Gasteiger partial charge in [-0.05, 0) is 113 Å². The first kappa shape index (κ1) is 29.4. The van der Waals surface area contributed by atoms with E-state index < -0.39 is 0 Å². The smallest absolute Gasteiger partial charge is 0.147 e. The summed E-state index contributed by atoms with van der Waals surface area (Å²) in [5.74, 6) is 0. The molecule has 0 amide bonds. The third-order valence-corrected chi connectivity index (χ3v) is 11.4. The Kier molecular flexibility index (Phi) is 6.09. The monoisotopic (exact) mass is 686 g/mol. The van der Waals surface area contributed by atoms with Crippen molar-refractivity contribution in [2.24, 2.45) is 0 Å². The molecule has 10 aromatic carbocycles. The summed E-state index contributed by atoms with van der Waals surface area (Å²) in [7, 11) is 0. The van der Waals surface area contributed by atoms with Gasteiger partial charge in [0.25, 0.3) is 0 Å². The van der Waals surface area contributed by atoms with E-state index >= 15 is 0 Å². The lowest BCUT2D eigenvalue weighted by atomic mass is 9.85. The van der Waals surface area contributed by atoms with Crippen molar-refractivity contribution in [1.82, 2.24) is 0 Å². The number of hydrogen-bond acceptors (Lipinski definition) is 2. The third-order valence-electron chi connectivity index (χ3n) is 11.4. The fraction of sp³-hybridized carbons (Fsp3) is 0. The topological polar surface area (TPSA) is 26.3 Å². The van der Waals surface area contributed by atoms with Gasteiger partial charge in [-0.3, -0.25) is 0 Å². The summed E-state index contributed by atoms with van der Waals surface area (Å²) in [5, 5.41) is 14.2. The summed E-state index contributed by atoms with van der Waals surface area (Å²) in [6.07, 6.45) is 0. The zero-order valence-corrected chi connectivity index (χ0v) is 29.1. The molecule has 54 heavy (non-hydrogen) atoms. The summed E-state index contributed by atoms with van der Waals surface area (Å²) < 4.78 is 13.1. The molecule has 0 aliphatic heterocycles. The van der Waals surface area contributed by atoms with Gasteiger partial charge in [0.15, 0.2) is 0 Å². The zero-order chi connectivity index (χ0) is 35.3. The average molecular weight is 687 g/mol. The van der Waals surface area contributed by atoms with Crippen LogP contribution in [0.1, 0.15) is 0 Å². The molecule has 0 saturated heterocycles. The molecule has 0 aliphatic carbocycles. The normalized spacial score (nSPS) is 12.1. The van der Waals surface area contributed by atoms with Crippen LogP contribution >= 0.6 is 0 Å². The first-order valence-electron chi connectivity index (χ1n) is 18.5. The maximum atomic E-state index is 6.74. The predicted octanol–water partition coefficient (Wildman–Crippen LogP) is 15.1. The predicted molar refractivity (Wildman–Crippen MR) is 227 cm³/mol. The summed E-state index contributed by atoms with van der Waals surface area (Å²) >= 11 is 0. The summed E-state index contributed by atoms with van der Waals surface area (Å²) in [5.41, 5.74) is 10.7. The Bertz CT molecular complexity index is 3430. The van der Waals surface area contributed by atoms with Crippen LogP contribution in [-0.4, -0.2) is 0 Å². The van der Waals surface area contributed by atoms with Crippen LogP contribution < -0.4 is 0 Å². The van der Waals surface area contributed by atoms with Gasteiger partial charge in [-0.1, -0.05) is 146 Å². The zero-order valence-electron chi connectivity index (χ0n) is 29.1. The van der Waals surface area contributed by atoms with Gasteiger partial charge in [0.2, 0.25) is 0 Å². The molecule has 12 rings (SSSR count). The van der Waals surface area contributed by atoms with Crippen molar-refractivity contribution in [2.75, 3.05) is 0 Å². The summed E-state index contributed by atoms with van der Waals surface area (Å²) in [4.78, 5) is 0. The molecule has 250 valence electrons. The molecule has 12 aromatic rings. The van der Waals surface area contributed by atoms with E-state index in [4.69, 9.17) is 8.83 Å². The molecule has 0 aliphatic rings. The molecular weight excluding hydrogens is 657 g/mol. The number of furan rings is 2. The van der Waals surface area contributed by atoms with Crippen LogP contribution in [0, 0.1) is 0 Å². The lowest BCUT2D eigenvalue weighted by Gasteiger charge is -2.18. The Morgan fingerprint density at radius 1 is 0.259 bits per heavy atom. The van der Waals surface area contributed by atoms with Crippen molar-refractivity contribution in [3.8, 4) is 33.4 Å². The molecule has 0 radical (unpaired) electrons. The summed E-state index contributed by atoms with van der Waals surface area (Å²) in [6.45, 7) is 0. The van der Waals surface area contributed by atoms with Gasteiger partial charge in [-0.2, -0.15) is 0 Å². The van der Waals surface area contributed by atoms with E-state index in [1.807, 2.05) is 0 Å². The first-order chi connectivity index (χ1) is 26.8. The van der Waals surface area contributed by atoms with Crippen LogP contribution in [0.4, 0.5) is 0 Å². The van der Waals surface area contributed by atoms with Crippen LogP contribution in [0.15, 0.2) is 191 Å². The highest BCUT2D eigenvalue weighted by Gasteiger charge is 2.20. The molecule has 0 bridgehead atoms. The molecule has 2 nitrogen and oxygen atoms in total. The largest absolute Gasteiger partial charge is 0.456 e. The highest BCUT2D eigenvalue weighted by molar-refractivity contribution is 6.28. The Hall–Kier alpha value is -7.16. The average Bonchev–Trinajstić information content (AvgIpc) is 3.81. The van der Waals surface area contributed by atoms with Crippen molar-refractivity contribution >= 4 is 87.0 Å². The highest BCUT2D eigenvalue weighted by atomic mass is 16.3. The van der Waals surface area contributed by atoms with E-state index in [9.17, 15) is 0 Å². The van der Waals surface area contributed by atoms with Gasteiger partial charge in [-0.15, -0.1) is 0 Å². The van der Waals surface area contributed by atoms with Gasteiger partial charge in [-0.25, -0.2) is 0 Å². The Balaban J connectivity index is 0.997. The van der Waals surface area contributed by atoms with Crippen LogP contribution in [0.25, 0.3) is 120 Å². The molecule has 2 heteroatoms. The minimum atomic E-state index is 0.842. The SMILES string of the molecule is c1ccc2cc(-c3c4ccccc4c(-c4ccc(-c5ccc6c(c5)oc5c6ccc6oc7ccc8ccccc8c7c65)cc4)c4ccccc34)ccc2c1. The molecule has 0 fully saturated rings. The van der Waals surface area contributed by atoms with Gasteiger partial charge in [0.1, 0.15) is 22.3 Å². The van der Waals surface area contributed by atoms with E-state index in [0.717, 1.165) is 55.0 Å². The molecule has 0 spiro atoms. The van der Waals surface area contributed by atoms with Gasteiger partial charge in [0.05, 0.1) is 5.39 Å². The molecule has 2 heterocycles. The van der Waals surface area contributed by atoms with E-state index in [1.54, 1.807) is 0 Å². The summed E-state index contributed by atoms with van der Waals surface area (Å²) in [6, 6.07) is 65.7. The minimum Gasteiger partial charge on any atom is -0.456 e.